The van der Waals surface area contributed by atoms with Crippen LogP contribution in [-0.2, 0) is 11.2 Å². The Morgan fingerprint density at radius 3 is 2.28 bits per heavy atom. The van der Waals surface area contributed by atoms with Crippen LogP contribution in [0.3, 0.4) is 0 Å². The van der Waals surface area contributed by atoms with E-state index in [2.05, 4.69) is 66.7 Å². The minimum Gasteiger partial charge on any atom is -0.373 e. The van der Waals surface area contributed by atoms with Crippen LogP contribution in [0.25, 0.3) is 0 Å². The number of hydrogen-bond acceptors (Lipinski definition) is 10. The molecule has 4 saturated heterocycles. The molecule has 1 aromatic carbocycles. The maximum absolute atomic E-state index is 12.1. The van der Waals surface area contributed by atoms with Gasteiger partial charge in [0.25, 0.3) is 5.91 Å². The number of aliphatic hydroxyl groups is 1. The number of amides is 2. The van der Waals surface area contributed by atoms with E-state index in [0.717, 1.165) is 101 Å². The molecule has 4 aliphatic rings. The van der Waals surface area contributed by atoms with Crippen LogP contribution in [0.1, 0.15) is 85.3 Å². The molecule has 2 amide bonds. The van der Waals surface area contributed by atoms with Crippen molar-refractivity contribution >= 4 is 35.0 Å². The number of nitrogens with zero attached hydrogens (tertiary/aromatic N) is 6. The maximum atomic E-state index is 12.1. The minimum absolute atomic E-state index is 0.0391. The summed E-state index contributed by atoms with van der Waals surface area (Å²) in [5.74, 6) is 2.84. The van der Waals surface area contributed by atoms with Crippen molar-refractivity contribution in [3.63, 3.8) is 0 Å². The fraction of sp³-hybridized carbons (Fsp3) is 0.553. The second-order valence-corrected chi connectivity index (χ2v) is 14.6. The molecular formula is C38H51N9O3. The topological polar surface area (TPSA) is 153 Å². The number of benzene rings is 1. The zero-order valence-electron chi connectivity index (χ0n) is 29.0. The van der Waals surface area contributed by atoms with Crippen LogP contribution in [0.5, 0.6) is 0 Å². The third-order valence-electron chi connectivity index (χ3n) is 11.2. The zero-order chi connectivity index (χ0) is 34.5. The van der Waals surface area contributed by atoms with Gasteiger partial charge in [-0.25, -0.2) is 15.0 Å². The standard InChI is InChI=1S/C38H51N9O3/c39-36(49)35-37(43-33(24-41-35)46-16-2-1-3-17-46)42-31-8-5-28(6-9-31)29-14-18-45(19-15-29)25-26-12-20-47(21-13-26)32-10-4-27(23-40-32)22-30-7-11-34(48)44-38(30)50/h4-6,8-10,23-24,26,29-30,38,50H,1-3,7,11-22,25H2,(H2,39,49)(H,42,43)(H,44,48). The number of carbonyl (C=O) groups is 2. The van der Waals surface area contributed by atoms with E-state index in [0.29, 0.717) is 30.5 Å². The highest BCUT2D eigenvalue weighted by Gasteiger charge is 2.28. The summed E-state index contributed by atoms with van der Waals surface area (Å²) in [6.07, 6.45) is 12.9. The summed E-state index contributed by atoms with van der Waals surface area (Å²) in [6, 6.07) is 12.8. The first-order chi connectivity index (χ1) is 24.4. The molecule has 5 N–H and O–H groups in total. The Kier molecular flexibility index (Phi) is 10.7. The van der Waals surface area contributed by atoms with Gasteiger partial charge in [-0.05, 0) is 112 Å². The second kappa shape index (κ2) is 15.7. The van der Waals surface area contributed by atoms with Crippen LogP contribution in [0.4, 0.5) is 23.1 Å². The first-order valence-electron chi connectivity index (χ1n) is 18.6. The number of rotatable bonds is 10. The Bertz CT molecular complexity index is 1600. The third-order valence-corrected chi connectivity index (χ3v) is 11.2. The molecular weight excluding hydrogens is 630 g/mol. The summed E-state index contributed by atoms with van der Waals surface area (Å²) in [5.41, 5.74) is 9.11. The Morgan fingerprint density at radius 1 is 0.860 bits per heavy atom. The highest BCUT2D eigenvalue weighted by Crippen LogP contribution is 2.32. The molecule has 7 rings (SSSR count). The van der Waals surface area contributed by atoms with Gasteiger partial charge in [-0.2, -0.15) is 0 Å². The molecule has 12 heteroatoms. The molecule has 6 heterocycles. The number of aromatic nitrogens is 3. The maximum Gasteiger partial charge on any atom is 0.271 e. The predicted octanol–water partition coefficient (Wildman–Crippen LogP) is 4.19. The van der Waals surface area contributed by atoms with Crippen LogP contribution in [-0.4, -0.2) is 88.8 Å². The van der Waals surface area contributed by atoms with Crippen molar-refractivity contribution in [2.24, 2.45) is 17.6 Å². The summed E-state index contributed by atoms with van der Waals surface area (Å²) < 4.78 is 0. The van der Waals surface area contributed by atoms with E-state index in [4.69, 9.17) is 15.7 Å². The van der Waals surface area contributed by atoms with Crippen LogP contribution in [0.15, 0.2) is 48.8 Å². The van der Waals surface area contributed by atoms with Gasteiger partial charge >= 0.3 is 0 Å². The van der Waals surface area contributed by atoms with Crippen LogP contribution in [0, 0.1) is 11.8 Å². The quantitative estimate of drug-likeness (QED) is 0.245. The lowest BCUT2D eigenvalue weighted by Crippen LogP contribution is -2.45. The van der Waals surface area contributed by atoms with Crippen LogP contribution >= 0.6 is 0 Å². The molecule has 4 fully saturated rings. The zero-order valence-corrected chi connectivity index (χ0v) is 29.0. The van der Waals surface area contributed by atoms with Crippen molar-refractivity contribution in [3.05, 3.63) is 65.6 Å². The van der Waals surface area contributed by atoms with E-state index in [-0.39, 0.29) is 17.5 Å². The average molecular weight is 682 g/mol. The molecule has 0 bridgehead atoms. The van der Waals surface area contributed by atoms with Crippen LogP contribution in [0.2, 0.25) is 0 Å². The van der Waals surface area contributed by atoms with Gasteiger partial charge in [0.15, 0.2) is 11.5 Å². The molecule has 2 unspecified atom stereocenters. The van der Waals surface area contributed by atoms with Crippen molar-refractivity contribution in [1.82, 2.24) is 25.2 Å². The highest BCUT2D eigenvalue weighted by molar-refractivity contribution is 5.96. The van der Waals surface area contributed by atoms with Gasteiger partial charge in [0.05, 0.1) is 6.20 Å². The summed E-state index contributed by atoms with van der Waals surface area (Å²) in [5, 5.41) is 16.1. The first kappa shape index (κ1) is 34.2. The smallest absolute Gasteiger partial charge is 0.271 e. The lowest BCUT2D eigenvalue weighted by Gasteiger charge is -2.38. The molecule has 0 spiro atoms. The lowest BCUT2D eigenvalue weighted by molar-refractivity contribution is -0.129. The molecule has 2 atom stereocenters. The van der Waals surface area contributed by atoms with Crippen molar-refractivity contribution in [2.45, 2.75) is 76.4 Å². The van der Waals surface area contributed by atoms with Crippen molar-refractivity contribution in [2.75, 3.05) is 60.9 Å². The number of nitrogens with two attached hydrogens (primary N) is 1. The number of nitrogens with one attached hydrogen (secondary N) is 2. The van der Waals surface area contributed by atoms with Gasteiger partial charge in [-0.1, -0.05) is 18.2 Å². The Labute approximate surface area is 294 Å². The summed E-state index contributed by atoms with van der Waals surface area (Å²) in [6.45, 7) is 7.34. The molecule has 4 aliphatic heterocycles. The van der Waals surface area contributed by atoms with E-state index < -0.39 is 12.1 Å². The molecule has 0 aliphatic carbocycles. The Balaban J connectivity index is 0.853. The Hall–Kier alpha value is -4.29. The number of piperidine rings is 4. The highest BCUT2D eigenvalue weighted by atomic mass is 16.3. The minimum atomic E-state index is -0.773. The van der Waals surface area contributed by atoms with Gasteiger partial charge in [-0.3, -0.25) is 9.59 Å². The van der Waals surface area contributed by atoms with E-state index in [1.807, 2.05) is 6.20 Å². The average Bonchev–Trinajstić information content (AvgIpc) is 3.14. The lowest BCUT2D eigenvalue weighted by atomic mass is 9.88. The van der Waals surface area contributed by atoms with E-state index in [1.54, 1.807) is 6.20 Å². The van der Waals surface area contributed by atoms with Crippen molar-refractivity contribution in [3.8, 4) is 0 Å². The largest absolute Gasteiger partial charge is 0.373 e. The van der Waals surface area contributed by atoms with Gasteiger partial charge in [0, 0.05) is 56.9 Å². The SMILES string of the molecule is NC(=O)c1ncc(N2CCCCC2)nc1Nc1ccc(C2CCN(CC3CCN(c4ccc(CC5CCC(=O)NC5O)cn4)CC3)CC2)cc1. The van der Waals surface area contributed by atoms with Gasteiger partial charge in [-0.15, -0.1) is 0 Å². The number of carbonyl (C=O) groups excluding carboxylic acids is 2. The van der Waals surface area contributed by atoms with Gasteiger partial charge in [0.2, 0.25) is 5.91 Å². The summed E-state index contributed by atoms with van der Waals surface area (Å²) >= 11 is 0. The number of primary amides is 1. The van der Waals surface area contributed by atoms with Gasteiger partial charge in [0.1, 0.15) is 17.9 Å². The first-order valence-corrected chi connectivity index (χ1v) is 18.6. The fourth-order valence-electron chi connectivity index (χ4n) is 8.13. The molecule has 50 heavy (non-hydrogen) atoms. The Morgan fingerprint density at radius 2 is 1.60 bits per heavy atom. The molecule has 266 valence electrons. The van der Waals surface area contributed by atoms with E-state index in [9.17, 15) is 14.7 Å². The second-order valence-electron chi connectivity index (χ2n) is 14.6. The monoisotopic (exact) mass is 681 g/mol. The summed E-state index contributed by atoms with van der Waals surface area (Å²) in [4.78, 5) is 44.7. The number of pyridine rings is 1. The van der Waals surface area contributed by atoms with E-state index in [1.165, 1.54) is 24.8 Å². The molecule has 12 nitrogen and oxygen atoms in total. The van der Waals surface area contributed by atoms with Crippen molar-refractivity contribution < 1.29 is 14.7 Å². The number of aliphatic hydroxyl groups excluding tert-OH is 1. The van der Waals surface area contributed by atoms with Crippen LogP contribution < -0.4 is 26.2 Å². The van der Waals surface area contributed by atoms with Gasteiger partial charge < -0.3 is 36.2 Å². The summed E-state index contributed by atoms with van der Waals surface area (Å²) in [7, 11) is 0. The predicted molar refractivity (Wildman–Crippen MR) is 195 cm³/mol. The van der Waals surface area contributed by atoms with Crippen molar-refractivity contribution in [1.29, 1.82) is 0 Å². The fourth-order valence-corrected chi connectivity index (χ4v) is 8.13. The molecule has 0 saturated carbocycles. The third kappa shape index (κ3) is 8.35. The molecule has 0 radical (unpaired) electrons. The molecule has 2 aromatic heterocycles. The number of hydrogen-bond donors (Lipinski definition) is 4. The normalized spacial score (nSPS) is 22.7. The van der Waals surface area contributed by atoms with E-state index >= 15 is 0 Å². The molecule has 3 aromatic rings. The number of likely N-dealkylation sites (tertiary alicyclic amines) is 1. The number of anilines is 4.